The van der Waals surface area contributed by atoms with Gasteiger partial charge in [-0.2, -0.15) is 0 Å². The van der Waals surface area contributed by atoms with Crippen LogP contribution in [0.25, 0.3) is 0 Å². The zero-order chi connectivity index (χ0) is 21.8. The van der Waals surface area contributed by atoms with Crippen LogP contribution in [0.15, 0.2) is 58.4 Å². The molecule has 2 N–H and O–H groups in total. The van der Waals surface area contributed by atoms with Crippen LogP contribution < -0.4 is 16.2 Å². The van der Waals surface area contributed by atoms with Gasteiger partial charge in [-0.15, -0.1) is 24.0 Å². The summed E-state index contributed by atoms with van der Waals surface area (Å²) in [6.07, 6.45) is 3.71. The lowest BCUT2D eigenvalue weighted by Crippen LogP contribution is -2.43. The molecular weight excluding hydrogens is 525 g/mol. The summed E-state index contributed by atoms with van der Waals surface area (Å²) in [5.74, 6) is 0.774. The van der Waals surface area contributed by atoms with Gasteiger partial charge in [-0.25, -0.2) is 0 Å². The minimum Gasteiger partial charge on any atom is -0.356 e. The summed E-state index contributed by atoms with van der Waals surface area (Å²) in [6.45, 7) is 8.45. The third-order valence-corrected chi connectivity index (χ3v) is 5.57. The highest BCUT2D eigenvalue weighted by molar-refractivity contribution is 14.0. The third-order valence-electron chi connectivity index (χ3n) is 5.22. The van der Waals surface area contributed by atoms with E-state index in [4.69, 9.17) is 11.6 Å². The average Bonchev–Trinajstić information content (AvgIpc) is 2.76. The zero-order valence-corrected chi connectivity index (χ0v) is 21.8. The van der Waals surface area contributed by atoms with E-state index in [-0.39, 0.29) is 35.6 Å². The van der Waals surface area contributed by atoms with E-state index in [0.717, 1.165) is 55.6 Å². The lowest BCUT2D eigenvalue weighted by Gasteiger charge is -2.31. The number of guanidine groups is 1. The first kappa shape index (κ1) is 27.5. The minimum atomic E-state index is 0. The predicted octanol–water partition coefficient (Wildman–Crippen LogP) is 4.15. The summed E-state index contributed by atoms with van der Waals surface area (Å²) in [5.41, 5.74) is 1.17. The number of hydrogen-bond acceptors (Lipinski definition) is 3. The van der Waals surface area contributed by atoms with Gasteiger partial charge in [0.25, 0.3) is 0 Å². The quantitative estimate of drug-likeness (QED) is 0.188. The van der Waals surface area contributed by atoms with Gasteiger partial charge in [0, 0.05) is 44.0 Å². The number of halogens is 2. The van der Waals surface area contributed by atoms with Gasteiger partial charge in [-0.1, -0.05) is 49.7 Å². The van der Waals surface area contributed by atoms with Crippen LogP contribution in [-0.4, -0.2) is 48.7 Å². The first-order valence-electron chi connectivity index (χ1n) is 10.7. The Morgan fingerprint density at radius 1 is 1.10 bits per heavy atom. The predicted molar refractivity (Wildman–Crippen MR) is 142 cm³/mol. The van der Waals surface area contributed by atoms with Gasteiger partial charge in [0.1, 0.15) is 0 Å². The number of rotatable bonds is 11. The second-order valence-electron chi connectivity index (χ2n) is 7.08. The van der Waals surface area contributed by atoms with Crippen LogP contribution in [0.5, 0.6) is 0 Å². The Labute approximate surface area is 208 Å². The molecule has 0 fully saturated rings. The topological polar surface area (TPSA) is 61.7 Å². The number of pyridine rings is 1. The summed E-state index contributed by atoms with van der Waals surface area (Å²) in [4.78, 5) is 18.5. The Hall–Kier alpha value is -1.58. The molecule has 0 radical (unpaired) electrons. The highest BCUT2D eigenvalue weighted by Crippen LogP contribution is 2.26. The number of likely N-dealkylation sites (N-methyl/N-ethyl adjacent to an activating group) is 1. The summed E-state index contributed by atoms with van der Waals surface area (Å²) in [7, 11) is 1.78. The van der Waals surface area contributed by atoms with Gasteiger partial charge in [-0.05, 0) is 43.6 Å². The molecule has 172 valence electrons. The van der Waals surface area contributed by atoms with E-state index < -0.39 is 0 Å². The molecule has 0 aliphatic heterocycles. The van der Waals surface area contributed by atoms with Crippen LogP contribution in [-0.2, 0) is 6.54 Å². The highest BCUT2D eigenvalue weighted by atomic mass is 127. The van der Waals surface area contributed by atoms with Crippen LogP contribution in [0.4, 0.5) is 0 Å². The van der Waals surface area contributed by atoms with Crippen LogP contribution in [0.2, 0.25) is 5.02 Å². The highest BCUT2D eigenvalue weighted by Gasteiger charge is 2.20. The van der Waals surface area contributed by atoms with Crippen LogP contribution in [0.3, 0.4) is 0 Å². The Balaban J connectivity index is 0.00000480. The van der Waals surface area contributed by atoms with Crippen LogP contribution in [0.1, 0.15) is 38.3 Å². The van der Waals surface area contributed by atoms with E-state index in [1.807, 2.05) is 30.5 Å². The number of nitrogens with one attached hydrogen (secondary N) is 2. The molecule has 1 heterocycles. The van der Waals surface area contributed by atoms with Crippen molar-refractivity contribution in [1.29, 1.82) is 0 Å². The Bertz CT molecular complexity index is 854. The van der Waals surface area contributed by atoms with Crippen molar-refractivity contribution < 1.29 is 0 Å². The van der Waals surface area contributed by atoms with Gasteiger partial charge in [-0.3, -0.25) is 14.7 Å². The number of unbranched alkanes of at least 4 members (excludes halogenated alkanes) is 1. The molecule has 1 aromatic heterocycles. The molecular formula is C23H35ClIN5O. The second-order valence-corrected chi connectivity index (χ2v) is 7.48. The lowest BCUT2D eigenvalue weighted by molar-refractivity contribution is 0.219. The van der Waals surface area contributed by atoms with E-state index in [1.54, 1.807) is 23.7 Å². The Morgan fingerprint density at radius 2 is 1.81 bits per heavy atom. The molecule has 0 saturated carbocycles. The van der Waals surface area contributed by atoms with E-state index in [2.05, 4.69) is 40.4 Å². The Morgan fingerprint density at radius 3 is 2.45 bits per heavy atom. The van der Waals surface area contributed by atoms with Gasteiger partial charge >= 0.3 is 0 Å². The van der Waals surface area contributed by atoms with Crippen molar-refractivity contribution >= 4 is 41.5 Å². The molecule has 0 spiro atoms. The van der Waals surface area contributed by atoms with E-state index in [9.17, 15) is 4.79 Å². The summed E-state index contributed by atoms with van der Waals surface area (Å²) >= 11 is 6.48. The molecule has 0 bridgehead atoms. The smallest absolute Gasteiger partial charge is 0.250 e. The maximum absolute atomic E-state index is 11.7. The number of hydrogen-bond donors (Lipinski definition) is 2. The number of aryl methyl sites for hydroxylation is 1. The van der Waals surface area contributed by atoms with Crippen molar-refractivity contribution in [2.75, 3.05) is 33.2 Å². The molecule has 1 aromatic carbocycles. The minimum absolute atomic E-state index is 0. The van der Waals surface area contributed by atoms with Gasteiger partial charge in [0.15, 0.2) is 5.96 Å². The van der Waals surface area contributed by atoms with E-state index in [1.165, 1.54) is 0 Å². The Kier molecular flexibility index (Phi) is 13.5. The standard InChI is InChI=1S/C23H34ClN5O.HI/c1-4-28(5-2)21(19-12-6-7-13-20(19)24)18-27-23(25-3)26-15-9-11-17-29-16-10-8-14-22(29)30;/h6-8,10,12-14,16,21H,4-5,9,11,15,17-18H2,1-3H3,(H2,25,26,27);1H. The molecule has 2 aromatic rings. The molecule has 2 rings (SSSR count). The first-order chi connectivity index (χ1) is 14.6. The van der Waals surface area contributed by atoms with Crippen molar-refractivity contribution in [2.24, 2.45) is 4.99 Å². The first-order valence-corrected chi connectivity index (χ1v) is 11.1. The molecule has 1 unspecified atom stereocenters. The fraction of sp³-hybridized carbons (Fsp3) is 0.478. The van der Waals surface area contributed by atoms with Gasteiger partial charge < -0.3 is 15.2 Å². The average molecular weight is 560 g/mol. The van der Waals surface area contributed by atoms with Gasteiger partial charge in [0.05, 0.1) is 6.04 Å². The number of aromatic nitrogens is 1. The fourth-order valence-electron chi connectivity index (χ4n) is 3.52. The second kappa shape index (κ2) is 15.3. The van der Waals surface area contributed by atoms with Crippen molar-refractivity contribution in [2.45, 2.75) is 39.3 Å². The van der Waals surface area contributed by atoms with Crippen molar-refractivity contribution in [3.05, 3.63) is 69.6 Å². The number of aliphatic imine (C=N–C) groups is 1. The van der Waals surface area contributed by atoms with E-state index in [0.29, 0.717) is 6.54 Å². The maximum Gasteiger partial charge on any atom is 0.250 e. The molecule has 6 nitrogen and oxygen atoms in total. The van der Waals surface area contributed by atoms with E-state index >= 15 is 0 Å². The van der Waals surface area contributed by atoms with Crippen molar-refractivity contribution in [3.63, 3.8) is 0 Å². The molecule has 0 aliphatic carbocycles. The molecule has 31 heavy (non-hydrogen) atoms. The SMILES string of the molecule is CCN(CC)C(CNC(=NC)NCCCCn1ccccc1=O)c1ccccc1Cl.I. The largest absolute Gasteiger partial charge is 0.356 e. The van der Waals surface area contributed by atoms with Crippen LogP contribution in [0, 0.1) is 0 Å². The lowest BCUT2D eigenvalue weighted by atomic mass is 10.0. The zero-order valence-electron chi connectivity index (χ0n) is 18.7. The van der Waals surface area contributed by atoms with Crippen LogP contribution >= 0.6 is 35.6 Å². The fourth-order valence-corrected chi connectivity index (χ4v) is 3.78. The number of benzene rings is 1. The molecule has 1 atom stereocenters. The summed E-state index contributed by atoms with van der Waals surface area (Å²) < 4.78 is 1.74. The maximum atomic E-state index is 11.7. The molecule has 0 saturated heterocycles. The molecule has 0 amide bonds. The normalized spacial score (nSPS) is 12.4. The number of nitrogens with zero attached hydrogens (tertiary/aromatic N) is 3. The summed E-state index contributed by atoms with van der Waals surface area (Å²) in [5, 5.41) is 7.60. The van der Waals surface area contributed by atoms with Crippen molar-refractivity contribution in [1.82, 2.24) is 20.1 Å². The molecule has 8 heteroatoms. The molecule has 0 aliphatic rings. The monoisotopic (exact) mass is 559 g/mol. The van der Waals surface area contributed by atoms with Gasteiger partial charge in [0.2, 0.25) is 5.56 Å². The third kappa shape index (κ3) is 8.82. The summed E-state index contributed by atoms with van der Waals surface area (Å²) in [6, 6.07) is 13.4. The van der Waals surface area contributed by atoms with Crippen molar-refractivity contribution in [3.8, 4) is 0 Å².